The number of aliphatic hydroxyl groups excluding tert-OH is 2. The molecule has 3 N–H and O–H groups in total. The summed E-state index contributed by atoms with van der Waals surface area (Å²) in [5, 5.41) is 22.9. The molecule has 0 saturated carbocycles. The Hall–Kier alpha value is -2.70. The van der Waals surface area contributed by atoms with E-state index in [9.17, 15) is 10.2 Å². The molecule has 6 heteroatoms. The van der Waals surface area contributed by atoms with Crippen molar-refractivity contribution in [3.05, 3.63) is 53.9 Å². The minimum Gasteiger partial charge on any atom is -0.496 e. The van der Waals surface area contributed by atoms with E-state index >= 15 is 0 Å². The van der Waals surface area contributed by atoms with Gasteiger partial charge in [-0.3, -0.25) is 0 Å². The fraction of sp³-hybridized carbons (Fsp3) is 0.176. The summed E-state index contributed by atoms with van der Waals surface area (Å²) < 4.78 is 5.31. The molecule has 0 unspecified atom stereocenters. The Balaban J connectivity index is 2.10. The van der Waals surface area contributed by atoms with Crippen LogP contribution in [-0.2, 0) is 13.2 Å². The van der Waals surface area contributed by atoms with Crippen LogP contribution in [0.1, 0.15) is 11.1 Å². The molecule has 1 heterocycles. The Morgan fingerprint density at radius 1 is 1.04 bits per heavy atom. The smallest absolute Gasteiger partial charge is 0.141 e. The second-order valence-electron chi connectivity index (χ2n) is 5.00. The fourth-order valence-electron chi connectivity index (χ4n) is 2.45. The molecule has 118 valence electrons. The van der Waals surface area contributed by atoms with Gasteiger partial charge in [0.05, 0.1) is 25.8 Å². The highest BCUT2D eigenvalue weighted by Crippen LogP contribution is 2.30. The second-order valence-corrected chi connectivity index (χ2v) is 5.00. The number of nitrogens with zero attached hydrogens (tertiary/aromatic N) is 2. The number of hydrogen-bond acceptors (Lipinski definition) is 6. The molecule has 3 rings (SSSR count). The number of rotatable bonds is 5. The summed E-state index contributed by atoms with van der Waals surface area (Å²) in [5.41, 5.74) is 2.92. The number of para-hydroxylation sites is 1. The number of hydrogen-bond donors (Lipinski definition) is 3. The second kappa shape index (κ2) is 6.60. The Bertz CT molecular complexity index is 836. The third-order valence-electron chi connectivity index (χ3n) is 3.65. The molecule has 0 atom stereocenters. The van der Waals surface area contributed by atoms with Gasteiger partial charge < -0.3 is 20.3 Å². The molecule has 6 nitrogen and oxygen atoms in total. The van der Waals surface area contributed by atoms with E-state index in [1.807, 2.05) is 24.3 Å². The maximum Gasteiger partial charge on any atom is 0.141 e. The highest BCUT2D eigenvalue weighted by atomic mass is 16.5. The van der Waals surface area contributed by atoms with Crippen LogP contribution < -0.4 is 10.1 Å². The van der Waals surface area contributed by atoms with Gasteiger partial charge in [0.15, 0.2) is 0 Å². The number of aliphatic hydroxyl groups is 2. The quantitative estimate of drug-likeness (QED) is 0.670. The van der Waals surface area contributed by atoms with E-state index in [4.69, 9.17) is 4.74 Å². The van der Waals surface area contributed by atoms with Gasteiger partial charge >= 0.3 is 0 Å². The number of benzene rings is 2. The van der Waals surface area contributed by atoms with Crippen molar-refractivity contribution in [1.29, 1.82) is 0 Å². The largest absolute Gasteiger partial charge is 0.496 e. The van der Waals surface area contributed by atoms with Crippen LogP contribution in [0.25, 0.3) is 10.9 Å². The van der Waals surface area contributed by atoms with Crippen molar-refractivity contribution in [1.82, 2.24) is 9.97 Å². The maximum absolute atomic E-state index is 9.44. The van der Waals surface area contributed by atoms with Gasteiger partial charge in [0.1, 0.15) is 17.9 Å². The maximum atomic E-state index is 9.44. The molecule has 0 bridgehead atoms. The van der Waals surface area contributed by atoms with E-state index in [1.54, 1.807) is 19.2 Å². The molecular weight excluding hydrogens is 294 g/mol. The molecule has 0 aliphatic heterocycles. The van der Waals surface area contributed by atoms with Gasteiger partial charge in [-0.1, -0.05) is 18.2 Å². The Morgan fingerprint density at radius 3 is 2.57 bits per heavy atom. The SMILES string of the molecule is COc1cc2c(Nc3ccccc3CO)ncnc2cc1CO. The molecule has 0 radical (unpaired) electrons. The van der Waals surface area contributed by atoms with Crippen molar-refractivity contribution in [2.75, 3.05) is 12.4 Å². The van der Waals surface area contributed by atoms with Crippen molar-refractivity contribution in [2.24, 2.45) is 0 Å². The van der Waals surface area contributed by atoms with Crippen LogP contribution in [0.4, 0.5) is 11.5 Å². The molecule has 1 aromatic heterocycles. The third kappa shape index (κ3) is 2.94. The lowest BCUT2D eigenvalue weighted by atomic mass is 10.1. The summed E-state index contributed by atoms with van der Waals surface area (Å²) in [6, 6.07) is 11.0. The van der Waals surface area contributed by atoms with Crippen LogP contribution in [0.15, 0.2) is 42.7 Å². The van der Waals surface area contributed by atoms with E-state index in [2.05, 4.69) is 15.3 Å². The first-order chi connectivity index (χ1) is 11.3. The van der Waals surface area contributed by atoms with Crippen LogP contribution in [0.3, 0.4) is 0 Å². The number of methoxy groups -OCH3 is 1. The summed E-state index contributed by atoms with van der Waals surface area (Å²) in [6.45, 7) is -0.191. The number of aromatic nitrogens is 2. The molecule has 0 spiro atoms. The number of anilines is 2. The first-order valence-electron chi connectivity index (χ1n) is 7.15. The van der Waals surface area contributed by atoms with Crippen LogP contribution in [0.2, 0.25) is 0 Å². The third-order valence-corrected chi connectivity index (χ3v) is 3.65. The van der Waals surface area contributed by atoms with Crippen molar-refractivity contribution in [2.45, 2.75) is 13.2 Å². The lowest BCUT2D eigenvalue weighted by molar-refractivity contribution is 0.274. The lowest BCUT2D eigenvalue weighted by Crippen LogP contribution is -2.00. The Kier molecular flexibility index (Phi) is 4.36. The van der Waals surface area contributed by atoms with Gasteiger partial charge in [-0.05, 0) is 18.2 Å². The van der Waals surface area contributed by atoms with Crippen molar-refractivity contribution < 1.29 is 14.9 Å². The van der Waals surface area contributed by atoms with Crippen molar-refractivity contribution in [3.63, 3.8) is 0 Å². The zero-order valence-corrected chi connectivity index (χ0v) is 12.7. The van der Waals surface area contributed by atoms with Crippen molar-refractivity contribution in [3.8, 4) is 5.75 Å². The topological polar surface area (TPSA) is 87.5 Å². The zero-order valence-electron chi connectivity index (χ0n) is 12.7. The predicted octanol–water partition coefficient (Wildman–Crippen LogP) is 2.37. The minimum absolute atomic E-state index is 0.0653. The molecule has 3 aromatic rings. The number of ether oxygens (including phenoxy) is 1. The summed E-state index contributed by atoms with van der Waals surface area (Å²) in [6.07, 6.45) is 1.46. The van der Waals surface area contributed by atoms with E-state index in [-0.39, 0.29) is 13.2 Å². The standard InChI is InChI=1S/C17H17N3O3/c1-23-16-7-13-15(6-12(16)9-22)18-10-19-17(13)20-14-5-3-2-4-11(14)8-21/h2-7,10,21-22H,8-9H2,1H3,(H,18,19,20). The van der Waals surface area contributed by atoms with Gasteiger partial charge in [0.25, 0.3) is 0 Å². The average Bonchev–Trinajstić information content (AvgIpc) is 2.61. The van der Waals surface area contributed by atoms with E-state index in [0.717, 1.165) is 16.6 Å². The first-order valence-corrected chi connectivity index (χ1v) is 7.15. The van der Waals surface area contributed by atoms with Gasteiger partial charge in [-0.25, -0.2) is 9.97 Å². The van der Waals surface area contributed by atoms with Crippen LogP contribution in [0.5, 0.6) is 5.75 Å². The monoisotopic (exact) mass is 311 g/mol. The summed E-state index contributed by atoms with van der Waals surface area (Å²) in [4.78, 5) is 8.53. The average molecular weight is 311 g/mol. The van der Waals surface area contributed by atoms with Crippen molar-refractivity contribution >= 4 is 22.4 Å². The zero-order chi connectivity index (χ0) is 16.2. The molecule has 0 aliphatic rings. The Labute approximate surface area is 133 Å². The molecule has 0 aliphatic carbocycles. The number of nitrogens with one attached hydrogen (secondary N) is 1. The Morgan fingerprint density at radius 2 is 1.83 bits per heavy atom. The van der Waals surface area contributed by atoms with E-state index in [1.165, 1.54) is 6.33 Å². The fourth-order valence-corrected chi connectivity index (χ4v) is 2.45. The lowest BCUT2D eigenvalue weighted by Gasteiger charge is -2.13. The molecular formula is C17H17N3O3. The van der Waals surface area contributed by atoms with Gasteiger partial charge in [0, 0.05) is 22.2 Å². The molecule has 0 fully saturated rings. The van der Waals surface area contributed by atoms with Crippen LogP contribution >= 0.6 is 0 Å². The van der Waals surface area contributed by atoms with Crippen LogP contribution in [-0.4, -0.2) is 27.3 Å². The normalized spacial score (nSPS) is 10.7. The molecule has 2 aromatic carbocycles. The molecule has 23 heavy (non-hydrogen) atoms. The molecule has 0 saturated heterocycles. The molecule has 0 amide bonds. The number of fused-ring (bicyclic) bond motifs is 1. The highest BCUT2D eigenvalue weighted by Gasteiger charge is 2.11. The predicted molar refractivity (Wildman–Crippen MR) is 87.7 cm³/mol. The van der Waals surface area contributed by atoms with Gasteiger partial charge in [-0.2, -0.15) is 0 Å². The first kappa shape index (κ1) is 15.2. The van der Waals surface area contributed by atoms with Crippen LogP contribution in [0, 0.1) is 0 Å². The highest BCUT2D eigenvalue weighted by molar-refractivity contribution is 5.92. The summed E-state index contributed by atoms with van der Waals surface area (Å²) in [7, 11) is 1.55. The summed E-state index contributed by atoms with van der Waals surface area (Å²) in [5.74, 6) is 1.19. The van der Waals surface area contributed by atoms with E-state index < -0.39 is 0 Å². The summed E-state index contributed by atoms with van der Waals surface area (Å²) >= 11 is 0. The minimum atomic E-state index is -0.126. The van der Waals surface area contributed by atoms with E-state index in [0.29, 0.717) is 22.6 Å². The van der Waals surface area contributed by atoms with Gasteiger partial charge in [-0.15, -0.1) is 0 Å². The van der Waals surface area contributed by atoms with Gasteiger partial charge in [0.2, 0.25) is 0 Å².